The van der Waals surface area contributed by atoms with E-state index < -0.39 is 0 Å². The van der Waals surface area contributed by atoms with Crippen LogP contribution in [-0.4, -0.2) is 25.2 Å². The monoisotopic (exact) mass is 337 g/mol. The number of hydrogen-bond donors (Lipinski definition) is 1. The summed E-state index contributed by atoms with van der Waals surface area (Å²) < 4.78 is 4.06. The summed E-state index contributed by atoms with van der Waals surface area (Å²) in [5, 5.41) is 7.45. The number of nitrogens with one attached hydrogen (secondary N) is 1. The van der Waals surface area contributed by atoms with Gasteiger partial charge >= 0.3 is 0 Å². The number of amides is 1. The Morgan fingerprint density at radius 1 is 1.24 bits per heavy atom. The van der Waals surface area contributed by atoms with Crippen LogP contribution < -0.4 is 5.32 Å². The summed E-state index contributed by atoms with van der Waals surface area (Å²) in [7, 11) is 1.99. The van der Waals surface area contributed by atoms with Crippen molar-refractivity contribution in [1.29, 1.82) is 0 Å². The van der Waals surface area contributed by atoms with E-state index in [0.29, 0.717) is 11.6 Å². The molecule has 2 aromatic heterocycles. The molecule has 1 amide bonds. The van der Waals surface area contributed by atoms with Crippen molar-refractivity contribution in [2.45, 2.75) is 45.6 Å². The van der Waals surface area contributed by atoms with Crippen molar-refractivity contribution in [1.82, 2.24) is 19.3 Å². The minimum absolute atomic E-state index is 0.117. The van der Waals surface area contributed by atoms with E-state index in [2.05, 4.69) is 15.4 Å². The number of aromatic nitrogens is 4. The van der Waals surface area contributed by atoms with Crippen LogP contribution in [0.3, 0.4) is 0 Å². The van der Waals surface area contributed by atoms with Gasteiger partial charge in [-0.15, -0.1) is 0 Å². The number of anilines is 1. The fraction of sp³-hybridized carbons (Fsp3) is 0.421. The lowest BCUT2D eigenvalue weighted by Crippen LogP contribution is -2.14. The number of hydrogen-bond acceptors (Lipinski definition) is 3. The predicted octanol–water partition coefficient (Wildman–Crippen LogP) is 3.75. The van der Waals surface area contributed by atoms with Gasteiger partial charge in [-0.05, 0) is 44.9 Å². The van der Waals surface area contributed by atoms with Gasteiger partial charge < -0.3 is 9.88 Å². The second kappa shape index (κ2) is 6.02. The average molecular weight is 337 g/mol. The molecule has 3 aromatic rings. The van der Waals surface area contributed by atoms with E-state index in [0.717, 1.165) is 41.1 Å². The first-order valence-electron chi connectivity index (χ1n) is 8.83. The highest BCUT2D eigenvalue weighted by Gasteiger charge is 2.22. The van der Waals surface area contributed by atoms with Crippen LogP contribution in [0.25, 0.3) is 11.0 Å². The Kier molecular flexibility index (Phi) is 3.82. The van der Waals surface area contributed by atoms with Crippen LogP contribution in [0.1, 0.15) is 53.6 Å². The van der Waals surface area contributed by atoms with Crippen molar-refractivity contribution in [3.8, 4) is 0 Å². The Labute approximate surface area is 146 Å². The van der Waals surface area contributed by atoms with E-state index >= 15 is 0 Å². The molecule has 0 spiro atoms. The Morgan fingerprint density at radius 3 is 2.76 bits per heavy atom. The topological polar surface area (TPSA) is 64.7 Å². The molecule has 6 nitrogen and oxygen atoms in total. The summed E-state index contributed by atoms with van der Waals surface area (Å²) in [6.45, 7) is 3.95. The highest BCUT2D eigenvalue weighted by atomic mass is 16.1. The summed E-state index contributed by atoms with van der Waals surface area (Å²) in [4.78, 5) is 17.2. The number of carbonyl (C=O) groups excluding carboxylic acids is 1. The van der Waals surface area contributed by atoms with Crippen LogP contribution in [0, 0.1) is 13.8 Å². The number of imidazole rings is 1. The molecule has 0 unspecified atom stereocenters. The van der Waals surface area contributed by atoms with Crippen molar-refractivity contribution in [3.63, 3.8) is 0 Å². The zero-order chi connectivity index (χ0) is 17.6. The fourth-order valence-corrected chi connectivity index (χ4v) is 3.76. The molecule has 1 saturated carbocycles. The molecule has 130 valence electrons. The van der Waals surface area contributed by atoms with Gasteiger partial charge in [0.15, 0.2) is 0 Å². The Hall–Kier alpha value is -2.63. The maximum absolute atomic E-state index is 12.7. The van der Waals surface area contributed by atoms with E-state index in [1.54, 1.807) is 6.20 Å². The zero-order valence-corrected chi connectivity index (χ0v) is 14.9. The van der Waals surface area contributed by atoms with Crippen LogP contribution in [0.4, 0.5) is 5.69 Å². The van der Waals surface area contributed by atoms with Gasteiger partial charge in [-0.1, -0.05) is 12.8 Å². The smallest absolute Gasteiger partial charge is 0.259 e. The first kappa shape index (κ1) is 15.9. The Morgan fingerprint density at radius 2 is 2.00 bits per heavy atom. The molecular formula is C19H23N5O. The quantitative estimate of drug-likeness (QED) is 0.791. The van der Waals surface area contributed by atoms with Gasteiger partial charge in [-0.2, -0.15) is 5.10 Å². The lowest BCUT2D eigenvalue weighted by molar-refractivity contribution is 0.102. The van der Waals surface area contributed by atoms with Crippen molar-refractivity contribution in [2.75, 3.05) is 5.32 Å². The molecule has 0 radical (unpaired) electrons. The fourth-order valence-electron chi connectivity index (χ4n) is 3.76. The van der Waals surface area contributed by atoms with Crippen molar-refractivity contribution in [3.05, 3.63) is 41.5 Å². The Balaban J connectivity index is 1.57. The lowest BCUT2D eigenvalue weighted by Gasteiger charge is -2.12. The van der Waals surface area contributed by atoms with Gasteiger partial charge in [0, 0.05) is 18.4 Å². The predicted molar refractivity (Wildman–Crippen MR) is 97.9 cm³/mol. The molecule has 4 rings (SSSR count). The molecule has 1 aliphatic rings. The van der Waals surface area contributed by atoms with Crippen LogP contribution in [0.5, 0.6) is 0 Å². The number of nitrogens with zero attached hydrogens (tertiary/aromatic N) is 4. The summed E-state index contributed by atoms with van der Waals surface area (Å²) in [5.41, 5.74) is 4.28. The molecule has 0 saturated heterocycles. The third-order valence-electron chi connectivity index (χ3n) is 5.32. The molecule has 2 heterocycles. The molecule has 0 bridgehead atoms. The SMILES string of the molecule is Cc1c(C(=O)Nc2ccc3c(c2)nc(C)n3C)cnn1C1CCCC1. The van der Waals surface area contributed by atoms with Gasteiger partial charge in [-0.3, -0.25) is 9.48 Å². The second-order valence-electron chi connectivity index (χ2n) is 6.90. The van der Waals surface area contributed by atoms with E-state index in [4.69, 9.17) is 0 Å². The van der Waals surface area contributed by atoms with Gasteiger partial charge in [0.2, 0.25) is 0 Å². The molecule has 1 aliphatic carbocycles. The molecule has 25 heavy (non-hydrogen) atoms. The largest absolute Gasteiger partial charge is 0.331 e. The molecule has 0 aliphatic heterocycles. The van der Waals surface area contributed by atoms with Crippen molar-refractivity contribution >= 4 is 22.6 Å². The van der Waals surface area contributed by atoms with Gasteiger partial charge in [-0.25, -0.2) is 4.98 Å². The lowest BCUT2D eigenvalue weighted by atomic mass is 10.2. The number of benzene rings is 1. The van der Waals surface area contributed by atoms with E-state index in [1.807, 2.05) is 48.3 Å². The molecular weight excluding hydrogens is 314 g/mol. The summed E-state index contributed by atoms with van der Waals surface area (Å²) in [5.74, 6) is 0.834. The molecule has 6 heteroatoms. The minimum Gasteiger partial charge on any atom is -0.331 e. The van der Waals surface area contributed by atoms with Crippen LogP contribution in [-0.2, 0) is 7.05 Å². The van der Waals surface area contributed by atoms with Crippen molar-refractivity contribution in [2.24, 2.45) is 7.05 Å². The highest BCUT2D eigenvalue weighted by Crippen LogP contribution is 2.30. The van der Waals surface area contributed by atoms with Crippen molar-refractivity contribution < 1.29 is 4.79 Å². The molecule has 1 fully saturated rings. The van der Waals surface area contributed by atoms with Gasteiger partial charge in [0.05, 0.1) is 28.8 Å². The number of rotatable bonds is 3. The summed E-state index contributed by atoms with van der Waals surface area (Å²) in [6.07, 6.45) is 6.48. The maximum Gasteiger partial charge on any atom is 0.259 e. The minimum atomic E-state index is -0.117. The number of fused-ring (bicyclic) bond motifs is 1. The average Bonchev–Trinajstić information content (AvgIpc) is 3.28. The van der Waals surface area contributed by atoms with Crippen LogP contribution in [0.15, 0.2) is 24.4 Å². The zero-order valence-electron chi connectivity index (χ0n) is 14.9. The summed E-state index contributed by atoms with van der Waals surface area (Å²) in [6, 6.07) is 6.25. The standard InChI is InChI=1S/C19H23N5O/c1-12-16(11-20-24(12)15-6-4-5-7-15)19(25)22-14-8-9-18-17(10-14)21-13(2)23(18)3/h8-11,15H,4-7H2,1-3H3,(H,22,25). The van der Waals surface area contributed by atoms with E-state index in [9.17, 15) is 4.79 Å². The third kappa shape index (κ3) is 2.71. The molecule has 0 atom stereocenters. The van der Waals surface area contributed by atoms with Gasteiger partial charge in [0.1, 0.15) is 5.82 Å². The number of aryl methyl sites for hydroxylation is 2. The third-order valence-corrected chi connectivity index (χ3v) is 5.32. The van der Waals surface area contributed by atoms with Crippen LogP contribution in [0.2, 0.25) is 0 Å². The number of carbonyl (C=O) groups is 1. The second-order valence-corrected chi connectivity index (χ2v) is 6.90. The first-order chi connectivity index (χ1) is 12.0. The first-order valence-corrected chi connectivity index (χ1v) is 8.83. The Bertz CT molecular complexity index is 946. The highest BCUT2D eigenvalue weighted by molar-refractivity contribution is 6.05. The van der Waals surface area contributed by atoms with Gasteiger partial charge in [0.25, 0.3) is 5.91 Å². The normalized spacial score (nSPS) is 15.2. The maximum atomic E-state index is 12.7. The molecule has 1 aromatic carbocycles. The van der Waals surface area contributed by atoms with E-state index in [-0.39, 0.29) is 5.91 Å². The van der Waals surface area contributed by atoms with Crippen LogP contribution >= 0.6 is 0 Å². The molecule has 1 N–H and O–H groups in total. The summed E-state index contributed by atoms with van der Waals surface area (Å²) >= 11 is 0. The van der Waals surface area contributed by atoms with E-state index in [1.165, 1.54) is 12.8 Å².